The van der Waals surface area contributed by atoms with Gasteiger partial charge in [0.2, 0.25) is 5.95 Å². The molecule has 1 heterocycles. The lowest BCUT2D eigenvalue weighted by Crippen LogP contribution is -2.34. The van der Waals surface area contributed by atoms with Gasteiger partial charge in [0.15, 0.2) is 5.78 Å². The van der Waals surface area contributed by atoms with Crippen LogP contribution in [0.4, 0.5) is 11.6 Å². The number of Topliss-reactive ketones (excluding diaryl/α,β-unsaturated/α-hetero) is 1. The second-order valence-corrected chi connectivity index (χ2v) is 12.8. The predicted octanol–water partition coefficient (Wildman–Crippen LogP) is 7.83. The number of aryl methyl sites for hydroxylation is 1. The smallest absolute Gasteiger partial charge is 0.253 e. The number of anilines is 2. The zero-order valence-electron chi connectivity index (χ0n) is 26.4. The minimum absolute atomic E-state index is 0.0484. The first kappa shape index (κ1) is 31.7. The number of amides is 1. The summed E-state index contributed by atoms with van der Waals surface area (Å²) >= 11 is 0. The molecule has 7 nitrogen and oxygen atoms in total. The molecule has 0 atom stereocenters. The monoisotopic (exact) mass is 573 g/mol. The van der Waals surface area contributed by atoms with Crippen molar-refractivity contribution >= 4 is 34.4 Å². The summed E-state index contributed by atoms with van der Waals surface area (Å²) in [4.78, 5) is 32.5. The highest BCUT2D eigenvalue weighted by Gasteiger charge is 2.20. The van der Waals surface area contributed by atoms with Gasteiger partial charge in [-0.1, -0.05) is 47.0 Å². The molecule has 0 radical (unpaired) electrons. The van der Waals surface area contributed by atoms with E-state index in [1.54, 1.807) is 6.92 Å². The van der Waals surface area contributed by atoms with Gasteiger partial charge in [0.05, 0.1) is 11.0 Å². The van der Waals surface area contributed by atoms with Crippen molar-refractivity contribution in [3.05, 3.63) is 53.6 Å². The average molecular weight is 574 g/mol. The van der Waals surface area contributed by atoms with Crippen LogP contribution < -0.4 is 10.6 Å². The maximum absolute atomic E-state index is 13.8. The van der Waals surface area contributed by atoms with Crippen molar-refractivity contribution in [1.29, 1.82) is 0 Å². The van der Waals surface area contributed by atoms with E-state index in [0.29, 0.717) is 29.0 Å². The Hall–Kier alpha value is -3.19. The van der Waals surface area contributed by atoms with Crippen LogP contribution in [0.15, 0.2) is 42.5 Å². The fraction of sp³-hybridized carbons (Fsp3) is 0.571. The van der Waals surface area contributed by atoms with Gasteiger partial charge < -0.3 is 20.1 Å². The van der Waals surface area contributed by atoms with E-state index in [9.17, 15) is 9.59 Å². The van der Waals surface area contributed by atoms with E-state index in [-0.39, 0.29) is 11.7 Å². The van der Waals surface area contributed by atoms with Crippen LogP contribution in [-0.2, 0) is 6.54 Å². The van der Waals surface area contributed by atoms with E-state index in [2.05, 4.69) is 42.9 Å². The van der Waals surface area contributed by atoms with E-state index in [1.807, 2.05) is 47.4 Å². The summed E-state index contributed by atoms with van der Waals surface area (Å²) in [6.45, 7) is 13.7. The summed E-state index contributed by atoms with van der Waals surface area (Å²) in [7, 11) is 0. The van der Waals surface area contributed by atoms with E-state index >= 15 is 0 Å². The van der Waals surface area contributed by atoms with Gasteiger partial charge in [-0.2, -0.15) is 0 Å². The first-order valence-electron chi connectivity index (χ1n) is 16.1. The molecule has 2 aromatic carbocycles. The number of fused-ring (bicyclic) bond motifs is 1. The molecule has 0 unspecified atom stereocenters. The largest absolute Gasteiger partial charge is 0.339 e. The number of carbonyl (C=O) groups excluding carboxylic acids is 2. The first-order valence-corrected chi connectivity index (χ1v) is 16.1. The lowest BCUT2D eigenvalue weighted by molar-refractivity contribution is 0.0740. The Bertz CT molecular complexity index is 1290. The van der Waals surface area contributed by atoms with E-state index in [0.717, 1.165) is 68.1 Å². The number of hydrogen-bond acceptors (Lipinski definition) is 5. The number of nitrogens with zero attached hydrogens (tertiary/aromatic N) is 3. The molecule has 1 saturated carbocycles. The summed E-state index contributed by atoms with van der Waals surface area (Å²) in [6, 6.07) is 14.1. The molecule has 0 saturated heterocycles. The number of rotatable bonds is 15. The van der Waals surface area contributed by atoms with Crippen LogP contribution in [0.1, 0.15) is 107 Å². The topological polar surface area (TPSA) is 79.3 Å². The molecule has 0 spiro atoms. The van der Waals surface area contributed by atoms with Gasteiger partial charge in [-0.3, -0.25) is 9.59 Å². The van der Waals surface area contributed by atoms with Crippen LogP contribution in [-0.4, -0.2) is 51.8 Å². The molecule has 228 valence electrons. The minimum atomic E-state index is 0.0484. The van der Waals surface area contributed by atoms with Gasteiger partial charge in [-0.15, -0.1) is 0 Å². The fourth-order valence-corrected chi connectivity index (χ4v) is 5.67. The molecule has 1 aromatic heterocycles. The normalized spacial score (nSPS) is 14.2. The predicted molar refractivity (Wildman–Crippen MR) is 174 cm³/mol. The molecule has 1 amide bonds. The van der Waals surface area contributed by atoms with Crippen molar-refractivity contribution in [3.63, 3.8) is 0 Å². The SMILES string of the molecule is CC(=O)c1ccc(Nc2nc3ccc(C(=O)N(CCC(C)C)CCC(C)C)cc3n2CCCNC2CCCCC2)cc1. The molecule has 0 bridgehead atoms. The zero-order chi connectivity index (χ0) is 30.1. The number of benzene rings is 2. The fourth-order valence-electron chi connectivity index (χ4n) is 5.67. The molecule has 1 aliphatic carbocycles. The molecule has 4 rings (SSSR count). The van der Waals surface area contributed by atoms with E-state index in [1.165, 1.54) is 32.1 Å². The molecular formula is C35H51N5O2. The number of aromatic nitrogens is 2. The number of nitrogens with one attached hydrogen (secondary N) is 2. The van der Waals surface area contributed by atoms with E-state index < -0.39 is 0 Å². The third-order valence-corrected chi connectivity index (χ3v) is 8.38. The van der Waals surface area contributed by atoms with Gasteiger partial charge in [0.25, 0.3) is 5.91 Å². The molecular weight excluding hydrogens is 522 g/mol. The molecule has 7 heteroatoms. The Balaban J connectivity index is 1.59. The number of hydrogen-bond donors (Lipinski definition) is 2. The first-order chi connectivity index (χ1) is 20.2. The van der Waals surface area contributed by atoms with Crippen molar-refractivity contribution < 1.29 is 9.59 Å². The van der Waals surface area contributed by atoms with Crippen LogP contribution in [0.2, 0.25) is 0 Å². The number of ketones is 1. The summed E-state index contributed by atoms with van der Waals surface area (Å²) in [5, 5.41) is 7.24. The van der Waals surface area contributed by atoms with Crippen molar-refractivity contribution in [1.82, 2.24) is 19.8 Å². The molecule has 1 aliphatic rings. The number of imidazole rings is 1. The second kappa shape index (κ2) is 15.3. The highest BCUT2D eigenvalue weighted by Crippen LogP contribution is 2.26. The minimum Gasteiger partial charge on any atom is -0.339 e. The highest BCUT2D eigenvalue weighted by atomic mass is 16.2. The second-order valence-electron chi connectivity index (χ2n) is 12.8. The van der Waals surface area contributed by atoms with Gasteiger partial charge in [0.1, 0.15) is 0 Å². The molecule has 42 heavy (non-hydrogen) atoms. The molecule has 2 N–H and O–H groups in total. The van der Waals surface area contributed by atoms with Crippen molar-refractivity contribution in [2.45, 2.75) is 98.6 Å². The maximum Gasteiger partial charge on any atom is 0.253 e. The Kier molecular flexibility index (Phi) is 11.6. The van der Waals surface area contributed by atoms with Crippen LogP contribution in [0, 0.1) is 11.8 Å². The average Bonchev–Trinajstić information content (AvgIpc) is 3.31. The van der Waals surface area contributed by atoms with Gasteiger partial charge in [0, 0.05) is 42.5 Å². The molecule has 3 aromatic rings. The van der Waals surface area contributed by atoms with Gasteiger partial charge in [-0.05, 0) is 99.9 Å². The quantitative estimate of drug-likeness (QED) is 0.143. The summed E-state index contributed by atoms with van der Waals surface area (Å²) in [6.07, 6.45) is 9.50. The van der Waals surface area contributed by atoms with Crippen molar-refractivity contribution in [3.8, 4) is 0 Å². The summed E-state index contributed by atoms with van der Waals surface area (Å²) in [5.41, 5.74) is 4.11. The summed E-state index contributed by atoms with van der Waals surface area (Å²) in [5.74, 6) is 1.98. The Morgan fingerprint density at radius 2 is 1.57 bits per heavy atom. The summed E-state index contributed by atoms with van der Waals surface area (Å²) < 4.78 is 2.21. The van der Waals surface area contributed by atoms with Gasteiger partial charge in [-0.25, -0.2) is 4.98 Å². The molecule has 1 fully saturated rings. The Labute approximate surface area is 252 Å². The van der Waals surface area contributed by atoms with Crippen molar-refractivity contribution in [2.75, 3.05) is 25.0 Å². The third kappa shape index (κ3) is 8.90. The maximum atomic E-state index is 13.8. The van der Waals surface area contributed by atoms with Crippen molar-refractivity contribution in [2.24, 2.45) is 11.8 Å². The highest BCUT2D eigenvalue weighted by molar-refractivity contribution is 5.98. The van der Waals surface area contributed by atoms with Crippen LogP contribution in [0.3, 0.4) is 0 Å². The lowest BCUT2D eigenvalue weighted by atomic mass is 9.95. The Morgan fingerprint density at radius 1 is 0.929 bits per heavy atom. The number of carbonyl (C=O) groups is 2. The third-order valence-electron chi connectivity index (χ3n) is 8.38. The van der Waals surface area contributed by atoms with E-state index in [4.69, 9.17) is 4.98 Å². The standard InChI is InChI=1S/C35H51N5O2/c1-25(2)18-22-39(23-19-26(3)4)34(42)29-14-17-32-33(24-29)40(21-9-20-36-30-10-7-6-8-11-30)35(38-32)37-31-15-12-28(13-16-31)27(5)41/h12-17,24-26,30,36H,6-11,18-23H2,1-5H3,(H,37,38). The van der Waals surface area contributed by atoms with Crippen LogP contribution in [0.5, 0.6) is 0 Å². The molecule has 0 aliphatic heterocycles. The Morgan fingerprint density at radius 3 is 2.19 bits per heavy atom. The van der Waals surface area contributed by atoms with Gasteiger partial charge >= 0.3 is 0 Å². The lowest BCUT2D eigenvalue weighted by Gasteiger charge is -2.25. The zero-order valence-corrected chi connectivity index (χ0v) is 26.4. The van der Waals surface area contributed by atoms with Crippen LogP contribution in [0.25, 0.3) is 11.0 Å². The van der Waals surface area contributed by atoms with Crippen LogP contribution >= 0.6 is 0 Å².